The lowest BCUT2D eigenvalue weighted by molar-refractivity contribution is -0.0516. The number of benzene rings is 1. The Hall–Kier alpha value is -2.34. The lowest BCUT2D eigenvalue weighted by Gasteiger charge is -2.51. The number of nitrogens with zero attached hydrogens (tertiary/aromatic N) is 2. The van der Waals surface area contributed by atoms with Crippen LogP contribution in [0, 0.1) is 5.41 Å². The van der Waals surface area contributed by atoms with Gasteiger partial charge in [-0.1, -0.05) is 32.0 Å². The van der Waals surface area contributed by atoms with Gasteiger partial charge >= 0.3 is 0 Å². The molecule has 24 heavy (non-hydrogen) atoms. The number of ether oxygens (including phenoxy) is 1. The molecule has 4 rings (SSSR count). The molecule has 1 fully saturated rings. The molecule has 2 heterocycles. The highest BCUT2D eigenvalue weighted by Gasteiger charge is 2.50. The van der Waals surface area contributed by atoms with Crippen LogP contribution in [0.1, 0.15) is 30.8 Å². The smallest absolute Gasteiger partial charge is 0.269 e. The van der Waals surface area contributed by atoms with Crippen LogP contribution in [0.15, 0.2) is 48.2 Å². The van der Waals surface area contributed by atoms with Crippen LogP contribution in [0.4, 0.5) is 0 Å². The van der Waals surface area contributed by atoms with Crippen molar-refractivity contribution in [3.05, 3.63) is 53.9 Å². The van der Waals surface area contributed by atoms with Gasteiger partial charge in [-0.2, -0.15) is 0 Å². The number of carbonyl (C=O) groups is 1. The highest BCUT2D eigenvalue weighted by Crippen LogP contribution is 2.43. The number of para-hydroxylation sites is 1. The molecule has 1 aliphatic carbocycles. The summed E-state index contributed by atoms with van der Waals surface area (Å²) in [6.07, 6.45) is 4.35. The molecule has 2 atom stereocenters. The van der Waals surface area contributed by atoms with Crippen molar-refractivity contribution in [2.75, 3.05) is 0 Å². The number of carbonyl (C=O) groups excluding carboxylic acids is 1. The van der Waals surface area contributed by atoms with Gasteiger partial charge in [0.15, 0.2) is 0 Å². The zero-order chi connectivity index (χ0) is 16.7. The molecule has 124 valence electrons. The van der Waals surface area contributed by atoms with Gasteiger partial charge in [-0.15, -0.1) is 11.3 Å². The Balaban J connectivity index is 1.43. The molecule has 1 amide bonds. The summed E-state index contributed by atoms with van der Waals surface area (Å²) in [5.74, 6) is 0.814. The molecule has 0 spiro atoms. The molecule has 0 aliphatic heterocycles. The summed E-state index contributed by atoms with van der Waals surface area (Å²) >= 11 is 1.52. The fourth-order valence-electron chi connectivity index (χ4n) is 3.11. The lowest BCUT2D eigenvalue weighted by Crippen LogP contribution is -2.63. The largest absolute Gasteiger partial charge is 0.490 e. The SMILES string of the molecule is CC1(C)[C@@H](Oc2ccccc2)C[C@H]1NC(=O)c1csc2cncn12. The molecule has 2 aromatic heterocycles. The molecule has 1 saturated carbocycles. The highest BCUT2D eigenvalue weighted by molar-refractivity contribution is 7.15. The quantitative estimate of drug-likeness (QED) is 0.791. The van der Waals surface area contributed by atoms with Crippen LogP contribution >= 0.6 is 11.3 Å². The molecule has 3 aromatic rings. The Morgan fingerprint density at radius 3 is 2.92 bits per heavy atom. The number of amides is 1. The minimum absolute atomic E-state index is 0.0597. The van der Waals surface area contributed by atoms with E-state index in [-0.39, 0.29) is 23.5 Å². The number of fused-ring (bicyclic) bond motifs is 1. The van der Waals surface area contributed by atoms with E-state index in [1.807, 2.05) is 40.1 Å². The maximum Gasteiger partial charge on any atom is 0.269 e. The Morgan fingerprint density at radius 2 is 2.17 bits per heavy atom. The average Bonchev–Trinajstić information content (AvgIpc) is 3.18. The van der Waals surface area contributed by atoms with Crippen LogP contribution in [-0.2, 0) is 0 Å². The van der Waals surface area contributed by atoms with Crippen molar-refractivity contribution < 1.29 is 9.53 Å². The normalized spacial score (nSPS) is 22.1. The number of thiazole rings is 1. The van der Waals surface area contributed by atoms with Crippen molar-refractivity contribution in [3.8, 4) is 5.75 Å². The fraction of sp³-hybridized carbons (Fsp3) is 0.333. The van der Waals surface area contributed by atoms with E-state index in [0.29, 0.717) is 5.69 Å². The molecular formula is C18H19N3O2S. The minimum Gasteiger partial charge on any atom is -0.490 e. The first kappa shape index (κ1) is 15.2. The predicted molar refractivity (Wildman–Crippen MR) is 93.6 cm³/mol. The number of rotatable bonds is 4. The minimum atomic E-state index is -0.115. The van der Waals surface area contributed by atoms with E-state index in [2.05, 4.69) is 24.1 Å². The van der Waals surface area contributed by atoms with Gasteiger partial charge in [0.25, 0.3) is 5.91 Å². The molecule has 1 aliphatic rings. The topological polar surface area (TPSA) is 55.6 Å². The second-order valence-corrected chi connectivity index (χ2v) is 7.62. The van der Waals surface area contributed by atoms with Crippen molar-refractivity contribution in [1.29, 1.82) is 0 Å². The molecule has 0 radical (unpaired) electrons. The van der Waals surface area contributed by atoms with E-state index in [4.69, 9.17) is 4.74 Å². The summed E-state index contributed by atoms with van der Waals surface area (Å²) in [5, 5.41) is 5.02. The van der Waals surface area contributed by atoms with Crippen molar-refractivity contribution in [2.24, 2.45) is 5.41 Å². The molecule has 5 nitrogen and oxygen atoms in total. The Bertz CT molecular complexity index is 869. The first-order valence-electron chi connectivity index (χ1n) is 7.98. The number of nitrogens with one attached hydrogen (secondary N) is 1. The maximum absolute atomic E-state index is 12.6. The first-order chi connectivity index (χ1) is 11.6. The zero-order valence-electron chi connectivity index (χ0n) is 13.6. The van der Waals surface area contributed by atoms with E-state index in [1.165, 1.54) is 11.3 Å². The van der Waals surface area contributed by atoms with Gasteiger partial charge in [0, 0.05) is 23.3 Å². The van der Waals surface area contributed by atoms with Crippen LogP contribution in [0.25, 0.3) is 4.83 Å². The molecular weight excluding hydrogens is 322 g/mol. The summed E-state index contributed by atoms with van der Waals surface area (Å²) in [6, 6.07) is 9.92. The monoisotopic (exact) mass is 341 g/mol. The van der Waals surface area contributed by atoms with Crippen molar-refractivity contribution >= 4 is 22.1 Å². The first-order valence-corrected chi connectivity index (χ1v) is 8.86. The molecule has 1 aromatic carbocycles. The van der Waals surface area contributed by atoms with Crippen LogP contribution < -0.4 is 10.1 Å². The third-order valence-corrected chi connectivity index (χ3v) is 5.78. The van der Waals surface area contributed by atoms with E-state index in [9.17, 15) is 4.79 Å². The molecule has 0 bridgehead atoms. The second kappa shape index (κ2) is 5.63. The molecule has 1 N–H and O–H groups in total. The third-order valence-electron chi connectivity index (χ3n) is 4.89. The number of hydrogen-bond donors (Lipinski definition) is 1. The highest BCUT2D eigenvalue weighted by atomic mass is 32.1. The Labute approximate surface area is 144 Å². The van der Waals surface area contributed by atoms with Gasteiger partial charge < -0.3 is 10.1 Å². The van der Waals surface area contributed by atoms with Gasteiger partial charge in [-0.25, -0.2) is 4.98 Å². The summed E-state index contributed by atoms with van der Waals surface area (Å²) in [6.45, 7) is 4.27. The Kier molecular flexibility index (Phi) is 3.57. The van der Waals surface area contributed by atoms with Crippen molar-refractivity contribution in [1.82, 2.24) is 14.7 Å². The van der Waals surface area contributed by atoms with Gasteiger partial charge in [0.1, 0.15) is 28.7 Å². The van der Waals surface area contributed by atoms with E-state index in [0.717, 1.165) is 17.0 Å². The van der Waals surface area contributed by atoms with Gasteiger partial charge in [0.05, 0.1) is 6.20 Å². The van der Waals surface area contributed by atoms with Crippen LogP contribution in [0.5, 0.6) is 5.75 Å². The lowest BCUT2D eigenvalue weighted by atomic mass is 9.64. The third kappa shape index (κ3) is 2.47. The fourth-order valence-corrected chi connectivity index (χ4v) is 3.95. The summed E-state index contributed by atoms with van der Waals surface area (Å²) in [7, 11) is 0. The van der Waals surface area contributed by atoms with Crippen molar-refractivity contribution in [2.45, 2.75) is 32.4 Å². The van der Waals surface area contributed by atoms with Gasteiger partial charge in [-0.05, 0) is 12.1 Å². The molecule has 6 heteroatoms. The Morgan fingerprint density at radius 1 is 1.38 bits per heavy atom. The molecule has 0 saturated heterocycles. The number of aromatic nitrogens is 2. The van der Waals surface area contributed by atoms with E-state index in [1.54, 1.807) is 12.5 Å². The maximum atomic E-state index is 12.6. The zero-order valence-corrected chi connectivity index (χ0v) is 14.4. The van der Waals surface area contributed by atoms with Crippen LogP contribution in [0.2, 0.25) is 0 Å². The number of hydrogen-bond acceptors (Lipinski definition) is 4. The number of imidazole rings is 1. The second-order valence-electron chi connectivity index (χ2n) is 6.73. The molecule has 0 unspecified atom stereocenters. The average molecular weight is 341 g/mol. The predicted octanol–water partition coefficient (Wildman–Crippen LogP) is 3.37. The van der Waals surface area contributed by atoms with Gasteiger partial charge in [-0.3, -0.25) is 9.20 Å². The van der Waals surface area contributed by atoms with E-state index >= 15 is 0 Å². The van der Waals surface area contributed by atoms with Crippen LogP contribution in [0.3, 0.4) is 0 Å². The van der Waals surface area contributed by atoms with Crippen LogP contribution in [-0.4, -0.2) is 27.4 Å². The van der Waals surface area contributed by atoms with Gasteiger partial charge in [0.2, 0.25) is 0 Å². The summed E-state index contributed by atoms with van der Waals surface area (Å²) < 4.78 is 7.88. The standard InChI is InChI=1S/C18H19N3O2S/c1-18(2)14(8-15(18)23-12-6-4-3-5-7-12)20-17(22)13-10-24-16-9-19-11-21(13)16/h3-7,9-11,14-15H,8H2,1-2H3,(H,20,22)/t14-,15+/m1/s1. The summed E-state index contributed by atoms with van der Waals surface area (Å²) in [4.78, 5) is 17.6. The van der Waals surface area contributed by atoms with Crippen molar-refractivity contribution in [3.63, 3.8) is 0 Å². The van der Waals surface area contributed by atoms with E-state index < -0.39 is 0 Å². The summed E-state index contributed by atoms with van der Waals surface area (Å²) in [5.41, 5.74) is 0.519.